The Morgan fingerprint density at radius 2 is 2.06 bits per heavy atom. The fourth-order valence-electron chi connectivity index (χ4n) is 1.21. The van der Waals surface area contributed by atoms with Crippen LogP contribution in [0.3, 0.4) is 0 Å². The number of carbonyl (C=O) groups excluding carboxylic acids is 2. The topological polar surface area (TPSA) is 58.6 Å². The monoisotopic (exact) mass is 256 g/mol. The summed E-state index contributed by atoms with van der Waals surface area (Å²) in [6, 6.07) is 6.51. The normalized spacial score (nSPS) is 9.59. The van der Waals surface area contributed by atoms with Gasteiger partial charge in [-0.25, -0.2) is 4.79 Å². The molecule has 0 saturated heterocycles. The van der Waals surface area contributed by atoms with E-state index in [2.05, 4.69) is 5.32 Å². The van der Waals surface area contributed by atoms with Gasteiger partial charge in [0, 0.05) is 19.0 Å². The van der Waals surface area contributed by atoms with E-state index in [0.717, 1.165) is 5.06 Å². The minimum Gasteiger partial charge on any atom is -0.339 e. The lowest BCUT2D eigenvalue weighted by molar-refractivity contribution is -0.175. The molecule has 2 amide bonds. The molecule has 0 fully saturated rings. The molecule has 0 bridgehead atoms. The number of amides is 2. The third-order valence-corrected chi connectivity index (χ3v) is 2.32. The fraction of sp³-hybridized carbons (Fsp3) is 0.273. The van der Waals surface area contributed by atoms with E-state index in [1.165, 1.54) is 14.0 Å². The van der Waals surface area contributed by atoms with E-state index in [1.807, 2.05) is 0 Å². The number of hydrogen-bond acceptors (Lipinski definition) is 3. The molecule has 5 nitrogen and oxygen atoms in total. The maximum absolute atomic E-state index is 11.5. The van der Waals surface area contributed by atoms with Crippen molar-refractivity contribution < 1.29 is 14.4 Å². The maximum Gasteiger partial charge on any atom is 0.350 e. The Hall–Kier alpha value is -1.75. The molecule has 1 aromatic rings. The Bertz CT molecular complexity index is 423. The zero-order valence-electron chi connectivity index (χ0n) is 9.57. The first kappa shape index (κ1) is 13.3. The van der Waals surface area contributed by atoms with Crippen LogP contribution in [-0.4, -0.2) is 24.1 Å². The van der Waals surface area contributed by atoms with Gasteiger partial charge in [-0.15, -0.1) is 5.06 Å². The molecule has 0 aliphatic carbocycles. The van der Waals surface area contributed by atoms with Crippen molar-refractivity contribution in [3.63, 3.8) is 0 Å². The minimum atomic E-state index is -0.569. The van der Waals surface area contributed by atoms with Crippen molar-refractivity contribution in [2.24, 2.45) is 0 Å². The number of urea groups is 1. The van der Waals surface area contributed by atoms with Crippen molar-refractivity contribution in [1.29, 1.82) is 0 Å². The van der Waals surface area contributed by atoms with Crippen LogP contribution in [0, 0.1) is 0 Å². The molecule has 0 atom stereocenters. The molecule has 0 aromatic heterocycles. The predicted octanol–water partition coefficient (Wildman–Crippen LogP) is 1.96. The van der Waals surface area contributed by atoms with E-state index < -0.39 is 12.0 Å². The summed E-state index contributed by atoms with van der Waals surface area (Å²) in [6.45, 7) is 1.32. The first-order chi connectivity index (χ1) is 8.04. The second-order valence-electron chi connectivity index (χ2n) is 3.27. The number of hydroxylamine groups is 2. The molecule has 6 heteroatoms. The summed E-state index contributed by atoms with van der Waals surface area (Å²) in [7, 11) is 1.45. The van der Waals surface area contributed by atoms with Crippen molar-refractivity contribution in [2.45, 2.75) is 13.5 Å². The molecule has 0 unspecified atom stereocenters. The van der Waals surface area contributed by atoms with E-state index in [9.17, 15) is 9.59 Å². The SMILES string of the molecule is CNC(=O)N(Cc1ccccc1Cl)OC(C)=O. The van der Waals surface area contributed by atoms with Crippen molar-refractivity contribution >= 4 is 23.6 Å². The Kier molecular flexibility index (Phi) is 4.78. The van der Waals surface area contributed by atoms with Crippen molar-refractivity contribution in [3.05, 3.63) is 34.9 Å². The van der Waals surface area contributed by atoms with Crippen LogP contribution in [0.4, 0.5) is 4.79 Å². The van der Waals surface area contributed by atoms with Gasteiger partial charge >= 0.3 is 12.0 Å². The number of carbonyl (C=O) groups is 2. The second-order valence-corrected chi connectivity index (χ2v) is 3.67. The molecular formula is C11H13ClN2O3. The highest BCUT2D eigenvalue weighted by molar-refractivity contribution is 6.31. The zero-order valence-corrected chi connectivity index (χ0v) is 10.3. The number of nitrogens with one attached hydrogen (secondary N) is 1. The number of benzene rings is 1. The highest BCUT2D eigenvalue weighted by atomic mass is 35.5. The van der Waals surface area contributed by atoms with Crippen LogP contribution in [0.25, 0.3) is 0 Å². The van der Waals surface area contributed by atoms with Crippen LogP contribution in [0.1, 0.15) is 12.5 Å². The second kappa shape index (κ2) is 6.10. The molecule has 0 saturated carbocycles. The van der Waals surface area contributed by atoms with Gasteiger partial charge in [0.15, 0.2) is 0 Å². The Morgan fingerprint density at radius 3 is 2.59 bits per heavy atom. The lowest BCUT2D eigenvalue weighted by atomic mass is 10.2. The van der Waals surface area contributed by atoms with Gasteiger partial charge in [0.25, 0.3) is 0 Å². The molecule has 0 heterocycles. The lowest BCUT2D eigenvalue weighted by Gasteiger charge is -2.20. The predicted molar refractivity (Wildman–Crippen MR) is 63.2 cm³/mol. The first-order valence-electron chi connectivity index (χ1n) is 4.95. The van der Waals surface area contributed by atoms with Gasteiger partial charge in [0.2, 0.25) is 0 Å². The van der Waals surface area contributed by atoms with Crippen LogP contribution in [0.2, 0.25) is 5.02 Å². The number of hydrogen-bond donors (Lipinski definition) is 1. The number of nitrogens with zero attached hydrogens (tertiary/aromatic N) is 1. The quantitative estimate of drug-likeness (QED) is 0.823. The van der Waals surface area contributed by atoms with E-state index in [-0.39, 0.29) is 6.54 Å². The smallest absolute Gasteiger partial charge is 0.339 e. The van der Waals surface area contributed by atoms with Crippen LogP contribution in [-0.2, 0) is 16.2 Å². The van der Waals surface area contributed by atoms with Crippen LogP contribution in [0.15, 0.2) is 24.3 Å². The van der Waals surface area contributed by atoms with Crippen LogP contribution in [0.5, 0.6) is 0 Å². The average Bonchev–Trinajstić information content (AvgIpc) is 2.29. The van der Waals surface area contributed by atoms with E-state index in [1.54, 1.807) is 24.3 Å². The van der Waals surface area contributed by atoms with Crippen molar-refractivity contribution in [3.8, 4) is 0 Å². The van der Waals surface area contributed by atoms with Crippen LogP contribution < -0.4 is 5.32 Å². The van der Waals surface area contributed by atoms with Crippen molar-refractivity contribution in [2.75, 3.05) is 7.05 Å². The Balaban J connectivity index is 2.82. The van der Waals surface area contributed by atoms with Gasteiger partial charge in [0.05, 0.1) is 6.54 Å². The van der Waals surface area contributed by atoms with Crippen molar-refractivity contribution in [1.82, 2.24) is 10.4 Å². The highest BCUT2D eigenvalue weighted by Gasteiger charge is 2.17. The molecule has 0 aliphatic rings. The zero-order chi connectivity index (χ0) is 12.8. The molecular weight excluding hydrogens is 244 g/mol. The van der Waals surface area contributed by atoms with E-state index >= 15 is 0 Å². The fourth-order valence-corrected chi connectivity index (χ4v) is 1.40. The largest absolute Gasteiger partial charge is 0.350 e. The number of halogens is 1. The van der Waals surface area contributed by atoms with E-state index in [4.69, 9.17) is 16.4 Å². The molecule has 1 aromatic carbocycles. The molecule has 92 valence electrons. The summed E-state index contributed by atoms with van der Waals surface area (Å²) >= 11 is 5.95. The minimum absolute atomic E-state index is 0.0962. The van der Waals surface area contributed by atoms with Gasteiger partial charge in [-0.3, -0.25) is 4.79 Å². The molecule has 0 radical (unpaired) electrons. The van der Waals surface area contributed by atoms with E-state index in [0.29, 0.717) is 10.6 Å². The van der Waals surface area contributed by atoms with Gasteiger partial charge in [-0.1, -0.05) is 29.8 Å². The summed E-state index contributed by atoms with van der Waals surface area (Å²) in [5, 5.41) is 3.80. The van der Waals surface area contributed by atoms with Crippen LogP contribution >= 0.6 is 11.6 Å². The third kappa shape index (κ3) is 3.96. The van der Waals surface area contributed by atoms with Gasteiger partial charge in [-0.05, 0) is 11.6 Å². The standard InChI is InChI=1S/C11H13ClN2O3/c1-8(15)17-14(11(16)13-2)7-9-5-3-4-6-10(9)12/h3-6H,7H2,1-2H3,(H,13,16). The third-order valence-electron chi connectivity index (χ3n) is 1.95. The summed E-state index contributed by atoms with van der Waals surface area (Å²) in [5.74, 6) is -0.569. The maximum atomic E-state index is 11.5. The van der Waals surface area contributed by atoms with Gasteiger partial charge in [0.1, 0.15) is 0 Å². The van der Waals surface area contributed by atoms with Gasteiger partial charge in [-0.2, -0.15) is 0 Å². The summed E-state index contributed by atoms with van der Waals surface area (Å²) in [6.07, 6.45) is 0. The van der Waals surface area contributed by atoms with Gasteiger partial charge < -0.3 is 10.2 Å². The summed E-state index contributed by atoms with van der Waals surface area (Å²) in [5.41, 5.74) is 0.694. The number of rotatable bonds is 2. The molecule has 17 heavy (non-hydrogen) atoms. The summed E-state index contributed by atoms with van der Waals surface area (Å²) < 4.78 is 0. The molecule has 0 aliphatic heterocycles. The molecule has 0 spiro atoms. The summed E-state index contributed by atoms with van der Waals surface area (Å²) in [4.78, 5) is 27.1. The Morgan fingerprint density at radius 1 is 1.41 bits per heavy atom. The highest BCUT2D eigenvalue weighted by Crippen LogP contribution is 2.17. The first-order valence-corrected chi connectivity index (χ1v) is 5.33. The lowest BCUT2D eigenvalue weighted by Crippen LogP contribution is -2.38. The average molecular weight is 257 g/mol. The molecule has 1 rings (SSSR count). The molecule has 1 N–H and O–H groups in total. The Labute approximate surface area is 104 Å².